The third-order valence-electron chi connectivity index (χ3n) is 3.37. The third kappa shape index (κ3) is 3.05. The SMILES string of the molecule is CN1CCN=C1NCC(C)(C)c1ccc(Br)cc1. The first-order chi connectivity index (χ1) is 8.49. The molecule has 1 heterocycles. The highest BCUT2D eigenvalue weighted by atomic mass is 79.9. The van der Waals surface area contributed by atoms with Crippen LogP contribution in [0.2, 0.25) is 0 Å². The van der Waals surface area contributed by atoms with Gasteiger partial charge in [-0.2, -0.15) is 0 Å². The van der Waals surface area contributed by atoms with Gasteiger partial charge in [-0.3, -0.25) is 4.99 Å². The Labute approximate surface area is 117 Å². The van der Waals surface area contributed by atoms with E-state index in [-0.39, 0.29) is 5.41 Å². The van der Waals surface area contributed by atoms with Crippen molar-refractivity contribution in [3.8, 4) is 0 Å². The first kappa shape index (κ1) is 13.4. The molecular formula is C14H20BrN3. The molecule has 0 amide bonds. The summed E-state index contributed by atoms with van der Waals surface area (Å²) < 4.78 is 1.12. The minimum absolute atomic E-state index is 0.0899. The maximum Gasteiger partial charge on any atom is 0.193 e. The number of nitrogens with one attached hydrogen (secondary N) is 1. The second-order valence-electron chi connectivity index (χ2n) is 5.37. The van der Waals surface area contributed by atoms with Gasteiger partial charge in [-0.1, -0.05) is 41.9 Å². The number of hydrogen-bond donors (Lipinski definition) is 1. The number of nitrogens with zero attached hydrogens (tertiary/aromatic N) is 2. The fourth-order valence-corrected chi connectivity index (χ4v) is 2.29. The van der Waals surface area contributed by atoms with Crippen LogP contribution in [-0.2, 0) is 5.41 Å². The maximum atomic E-state index is 4.45. The van der Waals surface area contributed by atoms with E-state index in [2.05, 4.69) is 76.3 Å². The zero-order chi connectivity index (χ0) is 13.2. The van der Waals surface area contributed by atoms with E-state index in [0.29, 0.717) is 0 Å². The average Bonchev–Trinajstić information content (AvgIpc) is 2.73. The van der Waals surface area contributed by atoms with Gasteiger partial charge in [0.1, 0.15) is 0 Å². The Morgan fingerprint density at radius 3 is 2.56 bits per heavy atom. The van der Waals surface area contributed by atoms with E-state index in [9.17, 15) is 0 Å². The second kappa shape index (κ2) is 5.31. The van der Waals surface area contributed by atoms with Crippen LogP contribution in [0.4, 0.5) is 0 Å². The highest BCUT2D eigenvalue weighted by Crippen LogP contribution is 2.24. The van der Waals surface area contributed by atoms with Gasteiger partial charge in [0.15, 0.2) is 5.96 Å². The molecule has 3 nitrogen and oxygen atoms in total. The number of benzene rings is 1. The quantitative estimate of drug-likeness (QED) is 0.929. The molecule has 1 aliphatic heterocycles. The molecule has 0 radical (unpaired) electrons. The lowest BCUT2D eigenvalue weighted by atomic mass is 9.85. The van der Waals surface area contributed by atoms with E-state index < -0.39 is 0 Å². The number of hydrogen-bond acceptors (Lipinski definition) is 3. The molecule has 0 aromatic heterocycles. The Morgan fingerprint density at radius 1 is 1.33 bits per heavy atom. The van der Waals surface area contributed by atoms with Gasteiger partial charge in [0.25, 0.3) is 0 Å². The maximum absolute atomic E-state index is 4.45. The topological polar surface area (TPSA) is 27.6 Å². The molecule has 1 aliphatic rings. The van der Waals surface area contributed by atoms with Crippen molar-refractivity contribution in [1.82, 2.24) is 10.2 Å². The molecule has 0 bridgehead atoms. The van der Waals surface area contributed by atoms with Crippen molar-refractivity contribution in [2.75, 3.05) is 26.7 Å². The largest absolute Gasteiger partial charge is 0.355 e. The molecule has 0 saturated carbocycles. The fraction of sp³-hybridized carbons (Fsp3) is 0.500. The first-order valence-electron chi connectivity index (χ1n) is 6.24. The fourth-order valence-electron chi connectivity index (χ4n) is 2.03. The van der Waals surface area contributed by atoms with E-state index >= 15 is 0 Å². The van der Waals surface area contributed by atoms with Crippen molar-refractivity contribution in [3.63, 3.8) is 0 Å². The van der Waals surface area contributed by atoms with E-state index in [4.69, 9.17) is 0 Å². The summed E-state index contributed by atoms with van der Waals surface area (Å²) >= 11 is 3.47. The predicted molar refractivity (Wildman–Crippen MR) is 80.1 cm³/mol. The normalized spacial score (nSPS) is 15.8. The van der Waals surface area contributed by atoms with Gasteiger partial charge in [-0.15, -0.1) is 0 Å². The summed E-state index contributed by atoms with van der Waals surface area (Å²) in [5, 5.41) is 3.45. The highest BCUT2D eigenvalue weighted by molar-refractivity contribution is 9.10. The van der Waals surface area contributed by atoms with Gasteiger partial charge in [0.05, 0.1) is 6.54 Å². The van der Waals surface area contributed by atoms with Crippen LogP contribution in [-0.4, -0.2) is 37.5 Å². The smallest absolute Gasteiger partial charge is 0.193 e. The van der Waals surface area contributed by atoms with Crippen molar-refractivity contribution in [2.24, 2.45) is 4.99 Å². The Morgan fingerprint density at radius 2 is 2.00 bits per heavy atom. The van der Waals surface area contributed by atoms with Crippen LogP contribution in [0, 0.1) is 0 Å². The molecule has 0 spiro atoms. The molecule has 2 rings (SSSR count). The Balaban J connectivity index is 2.00. The Bertz CT molecular complexity index is 437. The summed E-state index contributed by atoms with van der Waals surface area (Å²) in [5.41, 5.74) is 1.42. The predicted octanol–water partition coefficient (Wildman–Crippen LogP) is 2.62. The second-order valence-corrected chi connectivity index (χ2v) is 6.29. The molecule has 1 N–H and O–H groups in total. The molecule has 0 unspecified atom stereocenters. The molecule has 1 aromatic rings. The van der Waals surface area contributed by atoms with Crippen LogP contribution < -0.4 is 5.32 Å². The zero-order valence-corrected chi connectivity index (χ0v) is 12.8. The summed E-state index contributed by atoms with van der Waals surface area (Å²) in [6.07, 6.45) is 0. The van der Waals surface area contributed by atoms with Crippen LogP contribution in [0.5, 0.6) is 0 Å². The molecule has 0 aliphatic carbocycles. The number of rotatable bonds is 3. The molecule has 4 heteroatoms. The summed E-state index contributed by atoms with van der Waals surface area (Å²) in [7, 11) is 2.07. The van der Waals surface area contributed by atoms with Gasteiger partial charge >= 0.3 is 0 Å². The molecule has 1 aromatic carbocycles. The number of guanidine groups is 1. The molecule has 0 fully saturated rings. The molecule has 0 atom stereocenters. The van der Waals surface area contributed by atoms with E-state index in [1.165, 1.54) is 5.56 Å². The number of likely N-dealkylation sites (N-methyl/N-ethyl adjacent to an activating group) is 1. The van der Waals surface area contributed by atoms with Gasteiger partial charge in [0.2, 0.25) is 0 Å². The molecule has 18 heavy (non-hydrogen) atoms. The number of halogens is 1. The summed E-state index contributed by atoms with van der Waals surface area (Å²) in [6.45, 7) is 7.30. The third-order valence-corrected chi connectivity index (χ3v) is 3.90. The van der Waals surface area contributed by atoms with Gasteiger partial charge in [-0.25, -0.2) is 0 Å². The molecule has 98 valence electrons. The van der Waals surface area contributed by atoms with Crippen LogP contribution in [0.1, 0.15) is 19.4 Å². The van der Waals surface area contributed by atoms with Gasteiger partial charge < -0.3 is 10.2 Å². The Hall–Kier alpha value is -1.03. The number of aliphatic imine (C=N–C) groups is 1. The molecular weight excluding hydrogens is 290 g/mol. The van der Waals surface area contributed by atoms with E-state index in [0.717, 1.165) is 30.1 Å². The van der Waals surface area contributed by atoms with Crippen LogP contribution in [0.3, 0.4) is 0 Å². The average molecular weight is 310 g/mol. The van der Waals surface area contributed by atoms with Crippen molar-refractivity contribution < 1.29 is 0 Å². The van der Waals surface area contributed by atoms with Crippen LogP contribution in [0.15, 0.2) is 33.7 Å². The first-order valence-corrected chi connectivity index (χ1v) is 7.04. The lowest BCUT2D eigenvalue weighted by molar-refractivity contribution is 0.480. The van der Waals surface area contributed by atoms with E-state index in [1.807, 2.05) is 0 Å². The highest BCUT2D eigenvalue weighted by Gasteiger charge is 2.22. The zero-order valence-electron chi connectivity index (χ0n) is 11.2. The lowest BCUT2D eigenvalue weighted by Crippen LogP contribution is -2.42. The Kier molecular flexibility index (Phi) is 3.95. The summed E-state index contributed by atoms with van der Waals surface area (Å²) in [5.74, 6) is 1.01. The van der Waals surface area contributed by atoms with Crippen LogP contribution in [0.25, 0.3) is 0 Å². The minimum Gasteiger partial charge on any atom is -0.355 e. The van der Waals surface area contributed by atoms with Crippen molar-refractivity contribution in [1.29, 1.82) is 0 Å². The summed E-state index contributed by atoms with van der Waals surface area (Å²) in [6, 6.07) is 8.53. The monoisotopic (exact) mass is 309 g/mol. The van der Waals surface area contributed by atoms with Crippen molar-refractivity contribution in [2.45, 2.75) is 19.3 Å². The van der Waals surface area contributed by atoms with Gasteiger partial charge in [-0.05, 0) is 17.7 Å². The standard InChI is InChI=1S/C14H20BrN3/c1-14(2,11-4-6-12(15)7-5-11)10-17-13-16-8-9-18(13)3/h4-7H,8-10H2,1-3H3,(H,16,17). The van der Waals surface area contributed by atoms with E-state index in [1.54, 1.807) is 0 Å². The summed E-state index contributed by atoms with van der Waals surface area (Å²) in [4.78, 5) is 6.62. The minimum atomic E-state index is 0.0899. The lowest BCUT2D eigenvalue weighted by Gasteiger charge is -2.27. The van der Waals surface area contributed by atoms with Crippen molar-refractivity contribution in [3.05, 3.63) is 34.3 Å². The van der Waals surface area contributed by atoms with Gasteiger partial charge in [0, 0.05) is 30.0 Å². The van der Waals surface area contributed by atoms with Crippen molar-refractivity contribution >= 4 is 21.9 Å². The van der Waals surface area contributed by atoms with Crippen LogP contribution >= 0.6 is 15.9 Å². The molecule has 0 saturated heterocycles.